The van der Waals surface area contributed by atoms with Crippen LogP contribution >= 0.6 is 27.5 Å². The van der Waals surface area contributed by atoms with Gasteiger partial charge in [-0.2, -0.15) is 5.10 Å². The van der Waals surface area contributed by atoms with Crippen molar-refractivity contribution in [3.8, 4) is 11.6 Å². The van der Waals surface area contributed by atoms with Gasteiger partial charge in [-0.3, -0.25) is 0 Å². The first-order valence-corrected chi connectivity index (χ1v) is 7.05. The number of benzene rings is 1. The van der Waals surface area contributed by atoms with E-state index in [1.54, 1.807) is 32.0 Å². The van der Waals surface area contributed by atoms with E-state index in [4.69, 9.17) is 27.3 Å². The number of hydrogen-bond acceptors (Lipinski definition) is 5. The second-order valence-corrected chi connectivity index (χ2v) is 5.58. The number of nitrogens with two attached hydrogens (primary N) is 1. The first-order valence-electron chi connectivity index (χ1n) is 5.88. The molecule has 0 aliphatic heterocycles. The number of halogens is 2. The van der Waals surface area contributed by atoms with Crippen LogP contribution in [-0.4, -0.2) is 21.2 Å². The van der Waals surface area contributed by atoms with Crippen LogP contribution in [0.25, 0.3) is 0 Å². The Labute approximate surface area is 134 Å². The Hall–Kier alpha value is -1.86. The highest BCUT2D eigenvalue weighted by molar-refractivity contribution is 9.10. The van der Waals surface area contributed by atoms with E-state index in [2.05, 4.69) is 31.3 Å². The molecule has 0 saturated heterocycles. The third kappa shape index (κ3) is 3.25. The van der Waals surface area contributed by atoms with Crippen LogP contribution in [-0.2, 0) is 0 Å². The molecule has 0 amide bonds. The van der Waals surface area contributed by atoms with E-state index in [9.17, 15) is 0 Å². The molecular weight excluding hydrogens is 360 g/mol. The summed E-state index contributed by atoms with van der Waals surface area (Å²) in [6.07, 6.45) is 0. The van der Waals surface area contributed by atoms with E-state index in [1.807, 2.05) is 0 Å². The number of amidine groups is 1. The molecule has 0 aliphatic carbocycles. The van der Waals surface area contributed by atoms with E-state index in [0.29, 0.717) is 27.6 Å². The van der Waals surface area contributed by atoms with Gasteiger partial charge in [0, 0.05) is 4.47 Å². The number of hydrogen-bond donors (Lipinski definition) is 2. The second-order valence-electron chi connectivity index (χ2n) is 4.25. The smallest absolute Gasteiger partial charge is 0.250 e. The minimum absolute atomic E-state index is 0.105. The van der Waals surface area contributed by atoms with Crippen LogP contribution in [0.5, 0.6) is 11.6 Å². The zero-order chi connectivity index (χ0) is 15.6. The third-order valence-corrected chi connectivity index (χ3v) is 3.69. The second kappa shape index (κ2) is 6.28. The normalized spacial score (nSPS) is 11.5. The van der Waals surface area contributed by atoms with Crippen LogP contribution < -0.4 is 10.5 Å². The maximum atomic E-state index is 8.92. The molecule has 2 rings (SSSR count). The summed E-state index contributed by atoms with van der Waals surface area (Å²) in [6, 6.07) is 5.15. The van der Waals surface area contributed by atoms with Crippen LogP contribution in [0.2, 0.25) is 5.02 Å². The molecule has 0 saturated carbocycles. The molecule has 1 aromatic carbocycles. The molecule has 0 radical (unpaired) electrons. The molecule has 0 atom stereocenters. The summed E-state index contributed by atoms with van der Waals surface area (Å²) >= 11 is 9.41. The highest BCUT2D eigenvalue weighted by Crippen LogP contribution is 2.33. The third-order valence-electron chi connectivity index (χ3n) is 2.89. The SMILES string of the molecule is Cc1nnc(Oc2cc(Br)ccc2Cl)c(C(N)=NO)c1C. The van der Waals surface area contributed by atoms with Gasteiger partial charge in [0.1, 0.15) is 5.75 Å². The van der Waals surface area contributed by atoms with Gasteiger partial charge < -0.3 is 15.7 Å². The highest BCUT2D eigenvalue weighted by Gasteiger charge is 2.18. The molecule has 0 spiro atoms. The Morgan fingerprint density at radius 3 is 2.76 bits per heavy atom. The summed E-state index contributed by atoms with van der Waals surface area (Å²) in [5.74, 6) is 0.399. The predicted molar refractivity (Wildman–Crippen MR) is 83.2 cm³/mol. The molecule has 0 unspecified atom stereocenters. The molecular formula is C13H12BrClN4O2. The monoisotopic (exact) mass is 370 g/mol. The fraction of sp³-hybridized carbons (Fsp3) is 0.154. The van der Waals surface area contributed by atoms with Gasteiger partial charge in [-0.15, -0.1) is 5.10 Å². The first-order chi connectivity index (χ1) is 9.93. The minimum atomic E-state index is -0.105. The molecule has 1 heterocycles. The van der Waals surface area contributed by atoms with E-state index >= 15 is 0 Å². The van der Waals surface area contributed by atoms with E-state index in [0.717, 1.165) is 4.47 Å². The Balaban J connectivity index is 2.54. The van der Waals surface area contributed by atoms with Crippen molar-refractivity contribution in [3.63, 3.8) is 0 Å². The average Bonchev–Trinajstić information content (AvgIpc) is 2.46. The van der Waals surface area contributed by atoms with Crippen molar-refractivity contribution in [1.29, 1.82) is 0 Å². The lowest BCUT2D eigenvalue weighted by Gasteiger charge is -2.13. The van der Waals surface area contributed by atoms with Crippen LogP contribution in [0, 0.1) is 13.8 Å². The zero-order valence-electron chi connectivity index (χ0n) is 11.3. The number of ether oxygens (including phenoxy) is 1. The maximum absolute atomic E-state index is 8.92. The summed E-state index contributed by atoms with van der Waals surface area (Å²) in [5.41, 5.74) is 7.44. The summed E-state index contributed by atoms with van der Waals surface area (Å²) < 4.78 is 6.47. The molecule has 0 fully saturated rings. The standard InChI is InChI=1S/C13H12BrClN4O2/c1-6-7(2)17-18-13(11(6)12(16)19-20)21-10-5-8(14)3-4-9(10)15/h3-5,20H,1-2H3,(H2,16,19). The van der Waals surface area contributed by atoms with Crippen LogP contribution in [0.4, 0.5) is 0 Å². The van der Waals surface area contributed by atoms with Crippen molar-refractivity contribution in [1.82, 2.24) is 10.2 Å². The molecule has 1 aromatic heterocycles. The first kappa shape index (κ1) is 15.5. The molecule has 0 aliphatic rings. The van der Waals surface area contributed by atoms with Gasteiger partial charge >= 0.3 is 0 Å². The summed E-state index contributed by atoms with van der Waals surface area (Å²) in [5, 5.41) is 20.3. The van der Waals surface area contributed by atoms with Crippen molar-refractivity contribution < 1.29 is 9.94 Å². The van der Waals surface area contributed by atoms with Gasteiger partial charge in [-0.1, -0.05) is 32.7 Å². The van der Waals surface area contributed by atoms with Gasteiger partial charge in [0.05, 0.1) is 16.3 Å². The van der Waals surface area contributed by atoms with E-state index < -0.39 is 0 Å². The summed E-state index contributed by atoms with van der Waals surface area (Å²) in [4.78, 5) is 0. The summed E-state index contributed by atoms with van der Waals surface area (Å²) in [6.45, 7) is 3.55. The number of aryl methyl sites for hydroxylation is 1. The Morgan fingerprint density at radius 2 is 2.10 bits per heavy atom. The van der Waals surface area contributed by atoms with Crippen LogP contribution in [0.3, 0.4) is 0 Å². The van der Waals surface area contributed by atoms with Gasteiger partial charge in [0.25, 0.3) is 0 Å². The van der Waals surface area contributed by atoms with Crippen LogP contribution in [0.1, 0.15) is 16.8 Å². The van der Waals surface area contributed by atoms with Crippen molar-refractivity contribution in [2.24, 2.45) is 10.9 Å². The topological polar surface area (TPSA) is 93.6 Å². The number of nitrogens with zero attached hydrogens (tertiary/aromatic N) is 3. The maximum Gasteiger partial charge on any atom is 0.250 e. The molecule has 2 aromatic rings. The lowest BCUT2D eigenvalue weighted by Crippen LogP contribution is -2.18. The number of aromatic nitrogens is 2. The summed E-state index contributed by atoms with van der Waals surface area (Å²) in [7, 11) is 0. The average molecular weight is 372 g/mol. The Bertz CT molecular complexity index is 722. The van der Waals surface area contributed by atoms with Gasteiger partial charge in [0.15, 0.2) is 5.84 Å². The van der Waals surface area contributed by atoms with Crippen LogP contribution in [0.15, 0.2) is 27.8 Å². The van der Waals surface area contributed by atoms with Crippen molar-refractivity contribution in [2.75, 3.05) is 0 Å². The molecule has 21 heavy (non-hydrogen) atoms. The molecule has 3 N–H and O–H groups in total. The zero-order valence-corrected chi connectivity index (χ0v) is 13.6. The lowest BCUT2D eigenvalue weighted by molar-refractivity contribution is 0.318. The van der Waals surface area contributed by atoms with Gasteiger partial charge in [0.2, 0.25) is 5.88 Å². The lowest BCUT2D eigenvalue weighted by atomic mass is 10.1. The van der Waals surface area contributed by atoms with Gasteiger partial charge in [-0.25, -0.2) is 0 Å². The van der Waals surface area contributed by atoms with Gasteiger partial charge in [-0.05, 0) is 37.6 Å². The minimum Gasteiger partial charge on any atom is -0.435 e. The van der Waals surface area contributed by atoms with Crippen molar-refractivity contribution in [3.05, 3.63) is 44.5 Å². The van der Waals surface area contributed by atoms with Crippen molar-refractivity contribution in [2.45, 2.75) is 13.8 Å². The molecule has 0 bridgehead atoms. The van der Waals surface area contributed by atoms with Crippen molar-refractivity contribution >= 4 is 33.4 Å². The number of oxime groups is 1. The van der Waals surface area contributed by atoms with E-state index in [1.165, 1.54) is 0 Å². The molecule has 110 valence electrons. The quantitative estimate of drug-likeness (QED) is 0.373. The van der Waals surface area contributed by atoms with E-state index in [-0.39, 0.29) is 11.7 Å². The largest absolute Gasteiger partial charge is 0.435 e. The Kier molecular flexibility index (Phi) is 4.64. The highest BCUT2D eigenvalue weighted by atomic mass is 79.9. The molecule has 6 nitrogen and oxygen atoms in total. The molecule has 8 heteroatoms. The fourth-order valence-electron chi connectivity index (χ4n) is 1.67. The Morgan fingerprint density at radius 1 is 1.38 bits per heavy atom. The number of rotatable bonds is 3. The fourth-order valence-corrected chi connectivity index (χ4v) is 2.17. The predicted octanol–water partition coefficient (Wildman–Crippen LogP) is 3.40.